The van der Waals surface area contributed by atoms with Crippen LogP contribution >= 0.6 is 11.6 Å². The Bertz CT molecular complexity index is 1340. The number of carbonyl (C=O) groups is 2. The molecular formula is C28H30ClN3O5. The van der Waals surface area contributed by atoms with E-state index in [-0.39, 0.29) is 36.7 Å². The van der Waals surface area contributed by atoms with Crippen LogP contribution in [0.15, 0.2) is 47.6 Å². The van der Waals surface area contributed by atoms with Gasteiger partial charge in [-0.2, -0.15) is 0 Å². The van der Waals surface area contributed by atoms with Gasteiger partial charge in [0, 0.05) is 61.4 Å². The largest absolute Gasteiger partial charge is 0.495 e. The zero-order chi connectivity index (χ0) is 27.1. The highest BCUT2D eigenvalue weighted by Gasteiger charge is 2.25. The van der Waals surface area contributed by atoms with E-state index in [2.05, 4.69) is 9.98 Å². The molecule has 9 heteroatoms. The molecular weight excluding hydrogens is 494 g/mol. The SMILES string of the molecule is C/N=C/c1cc(C)ncc1-c1cc(C(=O)N(C)c2c(C)cccc2OC)c(OCCCC(=O)O)cc1Cl. The molecule has 0 spiro atoms. The van der Waals surface area contributed by atoms with Gasteiger partial charge in [-0.3, -0.25) is 19.6 Å². The Kier molecular flexibility index (Phi) is 9.25. The number of ether oxygens (including phenoxy) is 2. The Labute approximate surface area is 221 Å². The predicted molar refractivity (Wildman–Crippen MR) is 146 cm³/mol. The predicted octanol–water partition coefficient (Wildman–Crippen LogP) is 5.60. The van der Waals surface area contributed by atoms with Gasteiger partial charge in [-0.1, -0.05) is 23.7 Å². The van der Waals surface area contributed by atoms with E-state index < -0.39 is 5.97 Å². The van der Waals surface area contributed by atoms with Crippen molar-refractivity contribution in [1.29, 1.82) is 0 Å². The molecule has 1 heterocycles. The molecule has 8 nitrogen and oxygen atoms in total. The number of nitrogens with zero attached hydrogens (tertiary/aromatic N) is 3. The topological polar surface area (TPSA) is 101 Å². The van der Waals surface area contributed by atoms with E-state index in [0.29, 0.717) is 27.6 Å². The van der Waals surface area contributed by atoms with Crippen molar-refractivity contribution in [3.8, 4) is 22.6 Å². The van der Waals surface area contributed by atoms with Crippen LogP contribution in [-0.4, -0.2) is 56.0 Å². The van der Waals surface area contributed by atoms with E-state index in [1.165, 1.54) is 4.90 Å². The third-order valence-electron chi connectivity index (χ3n) is 5.78. The first kappa shape index (κ1) is 27.7. The van der Waals surface area contributed by atoms with Crippen molar-refractivity contribution in [2.45, 2.75) is 26.7 Å². The molecule has 0 atom stereocenters. The average molecular weight is 524 g/mol. The van der Waals surface area contributed by atoms with Crippen LogP contribution in [0.25, 0.3) is 11.1 Å². The maximum atomic E-state index is 13.9. The van der Waals surface area contributed by atoms with Crippen molar-refractivity contribution in [3.63, 3.8) is 0 Å². The van der Waals surface area contributed by atoms with Crippen molar-refractivity contribution in [3.05, 3.63) is 70.0 Å². The number of hydrogen-bond donors (Lipinski definition) is 1. The fourth-order valence-corrected chi connectivity index (χ4v) is 4.27. The highest BCUT2D eigenvalue weighted by atomic mass is 35.5. The van der Waals surface area contributed by atoms with E-state index in [1.807, 2.05) is 32.0 Å². The highest BCUT2D eigenvalue weighted by molar-refractivity contribution is 6.34. The first-order valence-corrected chi connectivity index (χ1v) is 12.0. The van der Waals surface area contributed by atoms with E-state index in [1.54, 1.807) is 51.8 Å². The Morgan fingerprint density at radius 3 is 2.59 bits per heavy atom. The molecule has 37 heavy (non-hydrogen) atoms. The minimum atomic E-state index is -0.920. The number of hydrogen-bond acceptors (Lipinski definition) is 6. The molecule has 0 saturated carbocycles. The lowest BCUT2D eigenvalue weighted by Gasteiger charge is -2.24. The van der Waals surface area contributed by atoms with Gasteiger partial charge in [0.2, 0.25) is 0 Å². The number of pyridine rings is 1. The summed E-state index contributed by atoms with van der Waals surface area (Å²) < 4.78 is 11.4. The summed E-state index contributed by atoms with van der Waals surface area (Å²) in [5, 5.41) is 9.32. The first-order valence-electron chi connectivity index (χ1n) is 11.7. The van der Waals surface area contributed by atoms with Crippen LogP contribution in [0.4, 0.5) is 5.69 Å². The number of amides is 1. The van der Waals surface area contributed by atoms with Crippen LogP contribution in [0.5, 0.6) is 11.5 Å². The number of aryl methyl sites for hydroxylation is 2. The van der Waals surface area contributed by atoms with Gasteiger partial charge in [-0.15, -0.1) is 0 Å². The number of carboxylic acids is 1. The van der Waals surface area contributed by atoms with E-state index in [9.17, 15) is 9.59 Å². The fraction of sp³-hybridized carbons (Fsp3) is 0.286. The molecule has 0 unspecified atom stereocenters. The maximum Gasteiger partial charge on any atom is 0.303 e. The fourth-order valence-electron chi connectivity index (χ4n) is 4.01. The molecule has 0 fully saturated rings. The van der Waals surface area contributed by atoms with Crippen molar-refractivity contribution in [1.82, 2.24) is 4.98 Å². The number of aliphatic carboxylic acids is 1. The van der Waals surface area contributed by atoms with Crippen LogP contribution in [0.3, 0.4) is 0 Å². The second-order valence-electron chi connectivity index (χ2n) is 8.46. The van der Waals surface area contributed by atoms with Crippen molar-refractivity contribution in [2.75, 3.05) is 32.7 Å². The molecule has 0 saturated heterocycles. The van der Waals surface area contributed by atoms with Crippen molar-refractivity contribution in [2.24, 2.45) is 4.99 Å². The third-order valence-corrected chi connectivity index (χ3v) is 6.10. The van der Waals surface area contributed by atoms with Gasteiger partial charge in [0.1, 0.15) is 11.5 Å². The van der Waals surface area contributed by atoms with Gasteiger partial charge < -0.3 is 19.5 Å². The molecule has 1 aromatic heterocycles. The summed E-state index contributed by atoms with van der Waals surface area (Å²) in [6, 6.07) is 10.7. The zero-order valence-corrected chi connectivity index (χ0v) is 22.3. The third kappa shape index (κ3) is 6.46. The number of halogens is 1. The molecule has 1 N–H and O–H groups in total. The van der Waals surface area contributed by atoms with Gasteiger partial charge in [0.25, 0.3) is 5.91 Å². The summed E-state index contributed by atoms with van der Waals surface area (Å²) in [6.45, 7) is 3.89. The minimum absolute atomic E-state index is 0.0514. The molecule has 3 aromatic rings. The van der Waals surface area contributed by atoms with Gasteiger partial charge in [-0.05, 0) is 44.0 Å². The lowest BCUT2D eigenvalue weighted by molar-refractivity contribution is -0.137. The molecule has 0 aliphatic rings. The van der Waals surface area contributed by atoms with Crippen LogP contribution in [0.2, 0.25) is 5.02 Å². The standard InChI is InChI=1S/C28H30ClN3O5/c1-17-8-6-9-24(36-5)27(17)32(4)28(35)21-13-20(22-16-31-18(2)12-19(22)15-30-3)23(29)14-25(21)37-11-7-10-26(33)34/h6,8-9,12-16H,7,10-11H2,1-5H3,(H,33,34)/b30-15+. The number of anilines is 1. The smallest absolute Gasteiger partial charge is 0.303 e. The quantitative estimate of drug-likeness (QED) is 0.274. The first-order chi connectivity index (χ1) is 17.7. The summed E-state index contributed by atoms with van der Waals surface area (Å²) in [5.74, 6) is -0.450. The van der Waals surface area contributed by atoms with Gasteiger partial charge in [-0.25, -0.2) is 0 Å². The number of aliphatic imine (C=N–C) groups is 1. The number of methoxy groups -OCH3 is 1. The molecule has 0 bridgehead atoms. The lowest BCUT2D eigenvalue weighted by atomic mass is 9.98. The molecule has 194 valence electrons. The highest BCUT2D eigenvalue weighted by Crippen LogP contribution is 2.38. The van der Waals surface area contributed by atoms with Crippen molar-refractivity contribution < 1.29 is 24.2 Å². The number of carbonyl (C=O) groups excluding carboxylic acids is 1. The lowest BCUT2D eigenvalue weighted by Crippen LogP contribution is -2.28. The van der Waals surface area contributed by atoms with Gasteiger partial charge >= 0.3 is 5.97 Å². The number of benzene rings is 2. The molecule has 0 radical (unpaired) electrons. The Hall–Kier alpha value is -3.91. The molecule has 2 aromatic carbocycles. The summed E-state index contributed by atoms with van der Waals surface area (Å²) in [5.41, 5.74) is 4.67. The number of carboxylic acid groups (broad SMARTS) is 1. The van der Waals surface area contributed by atoms with Crippen LogP contribution < -0.4 is 14.4 Å². The molecule has 0 aliphatic heterocycles. The van der Waals surface area contributed by atoms with E-state index in [0.717, 1.165) is 16.8 Å². The molecule has 3 rings (SSSR count). The number of para-hydroxylation sites is 1. The molecule has 1 amide bonds. The number of rotatable bonds is 10. The Balaban J connectivity index is 2.14. The second kappa shape index (κ2) is 12.4. The Morgan fingerprint density at radius 2 is 1.92 bits per heavy atom. The van der Waals surface area contributed by atoms with Crippen LogP contribution in [0, 0.1) is 13.8 Å². The van der Waals surface area contributed by atoms with Gasteiger partial charge in [0.05, 0.1) is 30.0 Å². The number of aromatic nitrogens is 1. The summed E-state index contributed by atoms with van der Waals surface area (Å²) in [6.07, 6.45) is 3.64. The molecule has 0 aliphatic carbocycles. The average Bonchev–Trinajstić information content (AvgIpc) is 2.86. The normalized spacial score (nSPS) is 11.0. The second-order valence-corrected chi connectivity index (χ2v) is 8.87. The summed E-state index contributed by atoms with van der Waals surface area (Å²) >= 11 is 6.69. The van der Waals surface area contributed by atoms with Gasteiger partial charge in [0.15, 0.2) is 0 Å². The minimum Gasteiger partial charge on any atom is -0.495 e. The zero-order valence-electron chi connectivity index (χ0n) is 21.5. The Morgan fingerprint density at radius 1 is 1.16 bits per heavy atom. The maximum absolute atomic E-state index is 13.9. The van der Waals surface area contributed by atoms with Crippen LogP contribution in [0.1, 0.15) is 40.0 Å². The summed E-state index contributed by atoms with van der Waals surface area (Å²) in [7, 11) is 4.89. The van der Waals surface area contributed by atoms with E-state index in [4.69, 9.17) is 26.2 Å². The van der Waals surface area contributed by atoms with Crippen molar-refractivity contribution >= 4 is 35.4 Å². The monoisotopic (exact) mass is 523 g/mol. The van der Waals surface area contributed by atoms with Crippen LogP contribution in [-0.2, 0) is 4.79 Å². The van der Waals surface area contributed by atoms with E-state index >= 15 is 0 Å². The summed E-state index contributed by atoms with van der Waals surface area (Å²) in [4.78, 5) is 34.9.